The number of nitrogens with zero attached hydrogens (tertiary/aromatic N) is 1. The predicted molar refractivity (Wildman–Crippen MR) is 81.2 cm³/mol. The number of nitrogens with one attached hydrogen (secondary N) is 1. The number of hydrogen-bond donors (Lipinski definition) is 1. The van der Waals surface area contributed by atoms with Crippen molar-refractivity contribution in [2.24, 2.45) is 0 Å². The molecule has 1 atom stereocenters. The van der Waals surface area contributed by atoms with Crippen molar-refractivity contribution in [2.75, 3.05) is 13.1 Å². The number of benzene rings is 1. The molecule has 1 aromatic rings. The van der Waals surface area contributed by atoms with Gasteiger partial charge < -0.3 is 4.90 Å². The van der Waals surface area contributed by atoms with Gasteiger partial charge in [0, 0.05) is 25.6 Å². The Morgan fingerprint density at radius 2 is 2.00 bits per heavy atom. The highest BCUT2D eigenvalue weighted by molar-refractivity contribution is 7.89. The van der Waals surface area contributed by atoms with E-state index in [0.717, 1.165) is 37.9 Å². The highest BCUT2D eigenvalue weighted by Gasteiger charge is 2.23. The van der Waals surface area contributed by atoms with Crippen molar-refractivity contribution >= 4 is 15.9 Å². The summed E-state index contributed by atoms with van der Waals surface area (Å²) in [5.74, 6) is -0.526. The number of amides is 1. The molecule has 0 unspecified atom stereocenters. The first-order valence-corrected chi connectivity index (χ1v) is 8.93. The summed E-state index contributed by atoms with van der Waals surface area (Å²) in [4.78, 5) is 13.9. The van der Waals surface area contributed by atoms with Crippen LogP contribution in [0.25, 0.3) is 0 Å². The Morgan fingerprint density at radius 3 is 2.64 bits per heavy atom. The zero-order valence-corrected chi connectivity index (χ0v) is 13.4. The van der Waals surface area contributed by atoms with E-state index in [-0.39, 0.29) is 29.8 Å². The maximum atomic E-state index is 12.8. The van der Waals surface area contributed by atoms with Gasteiger partial charge in [-0.1, -0.05) is 0 Å². The molecule has 0 spiro atoms. The van der Waals surface area contributed by atoms with Crippen molar-refractivity contribution in [1.29, 1.82) is 0 Å². The van der Waals surface area contributed by atoms with Crippen molar-refractivity contribution < 1.29 is 17.6 Å². The lowest BCUT2D eigenvalue weighted by Crippen LogP contribution is -2.43. The van der Waals surface area contributed by atoms with Crippen molar-refractivity contribution in [3.05, 3.63) is 30.1 Å². The Balaban J connectivity index is 1.87. The Labute approximate surface area is 130 Å². The molecule has 1 saturated heterocycles. The molecule has 122 valence electrons. The Morgan fingerprint density at radius 1 is 1.32 bits per heavy atom. The van der Waals surface area contributed by atoms with E-state index in [1.807, 2.05) is 11.8 Å². The topological polar surface area (TPSA) is 66.5 Å². The van der Waals surface area contributed by atoms with Crippen LogP contribution in [0.3, 0.4) is 0 Å². The number of sulfonamides is 1. The van der Waals surface area contributed by atoms with E-state index in [1.165, 1.54) is 12.1 Å². The lowest BCUT2D eigenvalue weighted by atomic mass is 10.0. The second kappa shape index (κ2) is 7.19. The molecular formula is C15H21FN2O3S. The van der Waals surface area contributed by atoms with E-state index in [2.05, 4.69) is 4.72 Å². The third-order valence-corrected chi connectivity index (χ3v) is 5.36. The molecule has 1 aliphatic heterocycles. The van der Waals surface area contributed by atoms with Crippen LogP contribution in [0.15, 0.2) is 29.2 Å². The summed E-state index contributed by atoms with van der Waals surface area (Å²) in [6.45, 7) is 2.80. The molecule has 0 bridgehead atoms. The first-order valence-electron chi connectivity index (χ1n) is 7.45. The minimum atomic E-state index is -3.70. The number of halogens is 1. The van der Waals surface area contributed by atoms with E-state index in [4.69, 9.17) is 0 Å². The smallest absolute Gasteiger partial charge is 0.240 e. The van der Waals surface area contributed by atoms with Crippen LogP contribution in [-0.2, 0) is 14.8 Å². The molecule has 1 fully saturated rings. The van der Waals surface area contributed by atoms with Crippen molar-refractivity contribution in [3.8, 4) is 0 Å². The second-order valence-electron chi connectivity index (χ2n) is 5.53. The maximum Gasteiger partial charge on any atom is 0.240 e. The van der Waals surface area contributed by atoms with E-state index < -0.39 is 15.8 Å². The number of carbonyl (C=O) groups excluding carboxylic acids is 1. The van der Waals surface area contributed by atoms with Gasteiger partial charge in [-0.05, 0) is 50.5 Å². The SMILES string of the molecule is C[C@H]1CCCCN1C(=O)CCNS(=O)(=O)c1ccc(F)cc1. The first kappa shape index (κ1) is 16.9. The quantitative estimate of drug-likeness (QED) is 0.898. The molecule has 0 saturated carbocycles. The van der Waals surface area contributed by atoms with Crippen LogP contribution in [0.4, 0.5) is 4.39 Å². The van der Waals surface area contributed by atoms with Gasteiger partial charge in [-0.25, -0.2) is 17.5 Å². The van der Waals surface area contributed by atoms with Crippen LogP contribution in [0, 0.1) is 5.82 Å². The van der Waals surface area contributed by atoms with Gasteiger partial charge in [0.1, 0.15) is 5.82 Å². The van der Waals surface area contributed by atoms with Crippen molar-refractivity contribution in [1.82, 2.24) is 9.62 Å². The van der Waals surface area contributed by atoms with Crippen LogP contribution in [0.1, 0.15) is 32.6 Å². The largest absolute Gasteiger partial charge is 0.340 e. The van der Waals surface area contributed by atoms with Gasteiger partial charge in [0.15, 0.2) is 0 Å². The summed E-state index contributed by atoms with van der Waals surface area (Å²) >= 11 is 0. The third kappa shape index (κ3) is 4.27. The molecule has 0 aromatic heterocycles. The van der Waals surface area contributed by atoms with E-state index in [9.17, 15) is 17.6 Å². The van der Waals surface area contributed by atoms with Crippen molar-refractivity contribution in [3.63, 3.8) is 0 Å². The molecule has 0 aliphatic carbocycles. The summed E-state index contributed by atoms with van der Waals surface area (Å²) in [5, 5.41) is 0. The summed E-state index contributed by atoms with van der Waals surface area (Å²) in [6, 6.07) is 4.80. The zero-order chi connectivity index (χ0) is 16.2. The van der Waals surface area contributed by atoms with E-state index in [0.29, 0.717) is 0 Å². The molecular weight excluding hydrogens is 307 g/mol. The summed E-state index contributed by atoms with van der Waals surface area (Å²) in [5.41, 5.74) is 0. The fourth-order valence-corrected chi connectivity index (χ4v) is 3.63. The summed E-state index contributed by atoms with van der Waals surface area (Å²) < 4.78 is 39.2. The average Bonchev–Trinajstić information content (AvgIpc) is 2.48. The molecule has 22 heavy (non-hydrogen) atoms. The fraction of sp³-hybridized carbons (Fsp3) is 0.533. The molecule has 1 N–H and O–H groups in total. The Kier molecular flexibility index (Phi) is 5.52. The zero-order valence-electron chi connectivity index (χ0n) is 12.6. The van der Waals surface area contributed by atoms with Gasteiger partial charge >= 0.3 is 0 Å². The number of carbonyl (C=O) groups is 1. The monoisotopic (exact) mass is 328 g/mol. The van der Waals surface area contributed by atoms with Gasteiger partial charge in [0.05, 0.1) is 4.90 Å². The van der Waals surface area contributed by atoms with Gasteiger partial charge in [-0.3, -0.25) is 4.79 Å². The predicted octanol–water partition coefficient (Wildman–Crippen LogP) is 1.90. The van der Waals surface area contributed by atoms with Gasteiger partial charge in [-0.2, -0.15) is 0 Å². The molecule has 1 amide bonds. The molecule has 1 aromatic carbocycles. The van der Waals surface area contributed by atoms with Crippen LogP contribution < -0.4 is 4.72 Å². The Bertz CT molecular complexity index is 616. The number of piperidine rings is 1. The molecule has 5 nitrogen and oxygen atoms in total. The Hall–Kier alpha value is -1.47. The lowest BCUT2D eigenvalue weighted by Gasteiger charge is -2.33. The lowest BCUT2D eigenvalue weighted by molar-refractivity contribution is -0.134. The normalized spacial score (nSPS) is 19.2. The molecule has 2 rings (SSSR count). The molecule has 1 aliphatic rings. The van der Waals surface area contributed by atoms with Crippen LogP contribution in [-0.4, -0.2) is 38.4 Å². The standard InChI is InChI=1S/C15H21FN2O3S/c1-12-4-2-3-11-18(12)15(19)9-10-17-22(20,21)14-7-5-13(16)6-8-14/h5-8,12,17H,2-4,9-11H2,1H3/t12-/m0/s1. The second-order valence-corrected chi connectivity index (χ2v) is 7.30. The summed E-state index contributed by atoms with van der Waals surface area (Å²) in [6.07, 6.45) is 3.25. The van der Waals surface area contributed by atoms with Gasteiger partial charge in [0.2, 0.25) is 15.9 Å². The van der Waals surface area contributed by atoms with Crippen LogP contribution in [0.5, 0.6) is 0 Å². The third-order valence-electron chi connectivity index (χ3n) is 3.88. The van der Waals surface area contributed by atoms with Crippen LogP contribution in [0.2, 0.25) is 0 Å². The molecule has 0 radical (unpaired) electrons. The van der Waals surface area contributed by atoms with E-state index in [1.54, 1.807) is 0 Å². The molecule has 1 heterocycles. The van der Waals surface area contributed by atoms with E-state index >= 15 is 0 Å². The fourth-order valence-electron chi connectivity index (χ4n) is 2.60. The highest BCUT2D eigenvalue weighted by atomic mass is 32.2. The van der Waals surface area contributed by atoms with Crippen LogP contribution >= 0.6 is 0 Å². The van der Waals surface area contributed by atoms with Gasteiger partial charge in [0.25, 0.3) is 0 Å². The van der Waals surface area contributed by atoms with Crippen molar-refractivity contribution in [2.45, 2.75) is 43.5 Å². The van der Waals surface area contributed by atoms with Gasteiger partial charge in [-0.15, -0.1) is 0 Å². The summed E-state index contributed by atoms with van der Waals surface area (Å²) in [7, 11) is -3.70. The average molecular weight is 328 g/mol. The minimum Gasteiger partial charge on any atom is -0.340 e. The first-order chi connectivity index (χ1) is 10.4. The number of rotatable bonds is 5. The maximum absolute atomic E-state index is 12.8. The highest BCUT2D eigenvalue weighted by Crippen LogP contribution is 2.17. The number of likely N-dealkylation sites (tertiary alicyclic amines) is 1. The molecule has 7 heteroatoms. The minimum absolute atomic E-state index is 0.00677. The number of hydrogen-bond acceptors (Lipinski definition) is 3.